The largest absolute Gasteiger partial charge is 0.481 e. The van der Waals surface area contributed by atoms with Gasteiger partial charge in [0.05, 0.1) is 5.92 Å². The lowest BCUT2D eigenvalue weighted by Gasteiger charge is -2.26. The van der Waals surface area contributed by atoms with Gasteiger partial charge in [-0.1, -0.05) is 12.8 Å². The van der Waals surface area contributed by atoms with E-state index in [1.54, 1.807) is 0 Å². The Hall–Kier alpha value is -0.570. The quantitative estimate of drug-likeness (QED) is 0.611. The fourth-order valence-corrected chi connectivity index (χ4v) is 2.59. The van der Waals surface area contributed by atoms with E-state index in [2.05, 4.69) is 5.32 Å². The molecule has 0 aromatic carbocycles. The van der Waals surface area contributed by atoms with E-state index < -0.39 is 5.97 Å². The zero-order valence-electron chi connectivity index (χ0n) is 7.12. The topological polar surface area (TPSA) is 49.3 Å². The molecule has 0 spiro atoms. The van der Waals surface area contributed by atoms with Crippen molar-refractivity contribution in [2.24, 2.45) is 11.8 Å². The number of hydrogen-bond donors (Lipinski definition) is 2. The van der Waals surface area contributed by atoms with E-state index in [1.165, 1.54) is 19.3 Å². The first-order chi connectivity index (χ1) is 5.79. The van der Waals surface area contributed by atoms with E-state index in [4.69, 9.17) is 5.11 Å². The number of carboxylic acids is 1. The van der Waals surface area contributed by atoms with E-state index in [0.29, 0.717) is 18.5 Å². The molecule has 1 aliphatic heterocycles. The summed E-state index contributed by atoms with van der Waals surface area (Å²) in [4.78, 5) is 10.8. The van der Waals surface area contributed by atoms with Gasteiger partial charge in [0.2, 0.25) is 0 Å². The summed E-state index contributed by atoms with van der Waals surface area (Å²) in [5.41, 5.74) is 0. The number of carbonyl (C=O) groups is 1. The molecule has 2 fully saturated rings. The molecule has 0 amide bonds. The van der Waals surface area contributed by atoms with Gasteiger partial charge in [-0.05, 0) is 18.8 Å². The Labute approximate surface area is 72.2 Å². The molecule has 68 valence electrons. The fourth-order valence-electron chi connectivity index (χ4n) is 2.59. The van der Waals surface area contributed by atoms with E-state index in [9.17, 15) is 4.79 Å². The Kier molecular flexibility index (Phi) is 2.05. The first kappa shape index (κ1) is 8.05. The van der Waals surface area contributed by atoms with Gasteiger partial charge in [-0.3, -0.25) is 4.79 Å². The summed E-state index contributed by atoms with van der Waals surface area (Å²) >= 11 is 0. The summed E-state index contributed by atoms with van der Waals surface area (Å²) in [5, 5.41) is 12.2. The molecule has 1 heterocycles. The molecule has 2 N–H and O–H groups in total. The number of hydrogen-bond acceptors (Lipinski definition) is 2. The van der Waals surface area contributed by atoms with Crippen molar-refractivity contribution in [2.45, 2.75) is 31.7 Å². The van der Waals surface area contributed by atoms with Crippen molar-refractivity contribution in [3.8, 4) is 0 Å². The predicted octanol–water partition coefficient (Wildman–Crippen LogP) is 0.849. The first-order valence-corrected chi connectivity index (χ1v) is 4.75. The van der Waals surface area contributed by atoms with Gasteiger partial charge in [0.15, 0.2) is 0 Å². The molecule has 0 aromatic heterocycles. The number of aliphatic carboxylic acids is 1. The Bertz CT molecular complexity index is 193. The van der Waals surface area contributed by atoms with Crippen LogP contribution in [0.15, 0.2) is 0 Å². The molecule has 3 nitrogen and oxygen atoms in total. The molecule has 1 unspecified atom stereocenters. The molecular weight excluding hydrogens is 154 g/mol. The normalized spacial score (nSPS) is 40.8. The van der Waals surface area contributed by atoms with Crippen LogP contribution in [0.1, 0.15) is 25.7 Å². The van der Waals surface area contributed by atoms with Crippen LogP contribution >= 0.6 is 0 Å². The summed E-state index contributed by atoms with van der Waals surface area (Å²) in [6, 6.07) is 0.500. The summed E-state index contributed by atoms with van der Waals surface area (Å²) in [7, 11) is 0. The van der Waals surface area contributed by atoms with Crippen molar-refractivity contribution < 1.29 is 9.90 Å². The lowest BCUT2D eigenvalue weighted by Crippen LogP contribution is -2.31. The van der Waals surface area contributed by atoms with Gasteiger partial charge in [0, 0.05) is 12.6 Å². The minimum atomic E-state index is -0.614. The molecule has 3 heteroatoms. The van der Waals surface area contributed by atoms with E-state index in [-0.39, 0.29) is 5.92 Å². The van der Waals surface area contributed by atoms with E-state index >= 15 is 0 Å². The summed E-state index contributed by atoms with van der Waals surface area (Å²) in [6.07, 6.45) is 4.76. The molecular formula is C9H15NO2. The van der Waals surface area contributed by atoms with Gasteiger partial charge in [-0.2, -0.15) is 0 Å². The Morgan fingerprint density at radius 3 is 2.83 bits per heavy atom. The Morgan fingerprint density at radius 2 is 2.08 bits per heavy atom. The predicted molar refractivity (Wildman–Crippen MR) is 44.9 cm³/mol. The maximum atomic E-state index is 10.8. The average molecular weight is 169 g/mol. The smallest absolute Gasteiger partial charge is 0.308 e. The Balaban J connectivity index is 2.05. The summed E-state index contributed by atoms with van der Waals surface area (Å²) in [6.45, 7) is 0.685. The van der Waals surface area contributed by atoms with Crippen LogP contribution in [-0.2, 0) is 4.79 Å². The van der Waals surface area contributed by atoms with Crippen molar-refractivity contribution in [1.82, 2.24) is 5.32 Å². The molecule has 1 saturated heterocycles. The molecule has 2 aliphatic rings. The van der Waals surface area contributed by atoms with Crippen LogP contribution in [0.4, 0.5) is 0 Å². The second kappa shape index (κ2) is 3.05. The van der Waals surface area contributed by atoms with Crippen LogP contribution in [0.3, 0.4) is 0 Å². The van der Waals surface area contributed by atoms with Gasteiger partial charge in [-0.15, -0.1) is 0 Å². The molecule has 0 radical (unpaired) electrons. The lowest BCUT2D eigenvalue weighted by atomic mass is 9.80. The maximum Gasteiger partial charge on any atom is 0.308 e. The van der Waals surface area contributed by atoms with E-state index in [0.717, 1.165) is 6.42 Å². The molecule has 1 saturated carbocycles. The molecule has 0 aromatic rings. The molecule has 12 heavy (non-hydrogen) atoms. The minimum absolute atomic E-state index is 0.115. The SMILES string of the molecule is O=C(O)C1CN[C@H]2CCCC[C@@H]12. The van der Waals surface area contributed by atoms with Gasteiger partial charge in [0.1, 0.15) is 0 Å². The summed E-state index contributed by atoms with van der Waals surface area (Å²) in [5.74, 6) is -0.316. The van der Waals surface area contributed by atoms with Crippen molar-refractivity contribution >= 4 is 5.97 Å². The monoisotopic (exact) mass is 169 g/mol. The molecule has 0 bridgehead atoms. The van der Waals surface area contributed by atoms with Crippen LogP contribution in [0.2, 0.25) is 0 Å². The molecule has 3 atom stereocenters. The van der Waals surface area contributed by atoms with Crippen molar-refractivity contribution in [1.29, 1.82) is 0 Å². The number of nitrogens with one attached hydrogen (secondary N) is 1. The lowest BCUT2D eigenvalue weighted by molar-refractivity contribution is -0.142. The third-order valence-electron chi connectivity index (χ3n) is 3.25. The zero-order valence-corrected chi connectivity index (χ0v) is 7.12. The highest BCUT2D eigenvalue weighted by Crippen LogP contribution is 2.34. The van der Waals surface area contributed by atoms with Gasteiger partial charge < -0.3 is 10.4 Å². The highest BCUT2D eigenvalue weighted by Gasteiger charge is 2.40. The van der Waals surface area contributed by atoms with Crippen LogP contribution < -0.4 is 5.32 Å². The second-order valence-corrected chi connectivity index (χ2v) is 3.91. The third-order valence-corrected chi connectivity index (χ3v) is 3.25. The number of rotatable bonds is 1. The van der Waals surface area contributed by atoms with Crippen LogP contribution in [0.25, 0.3) is 0 Å². The summed E-state index contributed by atoms with van der Waals surface area (Å²) < 4.78 is 0. The van der Waals surface area contributed by atoms with E-state index in [1.807, 2.05) is 0 Å². The van der Waals surface area contributed by atoms with Gasteiger partial charge in [0.25, 0.3) is 0 Å². The average Bonchev–Trinajstić information content (AvgIpc) is 2.47. The second-order valence-electron chi connectivity index (χ2n) is 3.91. The zero-order chi connectivity index (χ0) is 8.55. The maximum absolute atomic E-state index is 10.8. The number of fused-ring (bicyclic) bond motifs is 1. The van der Waals surface area contributed by atoms with Gasteiger partial charge in [-0.25, -0.2) is 0 Å². The molecule has 1 aliphatic carbocycles. The van der Waals surface area contributed by atoms with Crippen LogP contribution in [0.5, 0.6) is 0 Å². The van der Waals surface area contributed by atoms with Crippen LogP contribution in [0, 0.1) is 11.8 Å². The van der Waals surface area contributed by atoms with Crippen LogP contribution in [-0.4, -0.2) is 23.7 Å². The molecule has 2 rings (SSSR count). The number of carboxylic acid groups (broad SMARTS) is 1. The van der Waals surface area contributed by atoms with Gasteiger partial charge >= 0.3 is 5.97 Å². The highest BCUT2D eigenvalue weighted by molar-refractivity contribution is 5.71. The van der Waals surface area contributed by atoms with Crippen molar-refractivity contribution in [3.63, 3.8) is 0 Å². The Morgan fingerprint density at radius 1 is 1.33 bits per heavy atom. The third kappa shape index (κ3) is 1.22. The van der Waals surface area contributed by atoms with Crippen molar-refractivity contribution in [2.75, 3.05) is 6.54 Å². The highest BCUT2D eigenvalue weighted by atomic mass is 16.4. The van der Waals surface area contributed by atoms with Crippen molar-refractivity contribution in [3.05, 3.63) is 0 Å². The standard InChI is InChI=1S/C9H15NO2/c11-9(12)7-5-10-8-4-2-1-3-6(7)8/h6-8,10H,1-5H2,(H,11,12)/t6-,7?,8-/m0/s1. The first-order valence-electron chi connectivity index (χ1n) is 4.75. The fraction of sp³-hybridized carbons (Fsp3) is 0.889. The minimum Gasteiger partial charge on any atom is -0.481 e.